The van der Waals surface area contributed by atoms with Gasteiger partial charge in [-0.1, -0.05) is 37.3 Å². The predicted molar refractivity (Wildman–Crippen MR) is 86.5 cm³/mol. The molecular weight excluding hydrogens is 294 g/mol. The molecule has 0 radical (unpaired) electrons. The maximum absolute atomic E-state index is 12.4. The highest BCUT2D eigenvalue weighted by molar-refractivity contribution is 5.80. The predicted octanol–water partition coefficient (Wildman–Crippen LogP) is 1.57. The van der Waals surface area contributed by atoms with Gasteiger partial charge in [-0.25, -0.2) is 0 Å². The van der Waals surface area contributed by atoms with Crippen molar-refractivity contribution in [1.29, 1.82) is 0 Å². The number of rotatable bonds is 7. The molecule has 0 spiro atoms. The standard InChI is InChI=1S/C16H23N5O2/c1-4-16(3,10-11-22)17-15(23)12(2)21-19-14(18-20-21)13-8-6-5-7-9-13/h5-9,12,22H,4,10-11H2,1-3H3,(H,17,23). The van der Waals surface area contributed by atoms with Crippen LogP contribution >= 0.6 is 0 Å². The van der Waals surface area contributed by atoms with Crippen LogP contribution in [0.5, 0.6) is 0 Å². The van der Waals surface area contributed by atoms with Crippen molar-refractivity contribution in [3.05, 3.63) is 30.3 Å². The average molecular weight is 317 g/mol. The third-order valence-electron chi connectivity index (χ3n) is 4.05. The summed E-state index contributed by atoms with van der Waals surface area (Å²) in [6.45, 7) is 5.64. The summed E-state index contributed by atoms with van der Waals surface area (Å²) in [5.41, 5.74) is 0.410. The first kappa shape index (κ1) is 17.1. The van der Waals surface area contributed by atoms with Crippen LogP contribution in [0.25, 0.3) is 11.4 Å². The summed E-state index contributed by atoms with van der Waals surface area (Å²) in [6.07, 6.45) is 1.23. The molecule has 0 fully saturated rings. The lowest BCUT2D eigenvalue weighted by Crippen LogP contribution is -2.48. The molecule has 0 aliphatic heterocycles. The zero-order valence-electron chi connectivity index (χ0n) is 13.7. The summed E-state index contributed by atoms with van der Waals surface area (Å²) >= 11 is 0. The van der Waals surface area contributed by atoms with Crippen molar-refractivity contribution in [2.75, 3.05) is 6.61 Å². The van der Waals surface area contributed by atoms with Gasteiger partial charge in [-0.05, 0) is 31.9 Å². The summed E-state index contributed by atoms with van der Waals surface area (Å²) < 4.78 is 0. The van der Waals surface area contributed by atoms with Crippen LogP contribution in [0.1, 0.15) is 39.7 Å². The molecule has 2 unspecified atom stereocenters. The molecule has 0 saturated heterocycles. The third kappa shape index (κ3) is 4.13. The number of carbonyl (C=O) groups is 1. The number of aliphatic hydroxyl groups excluding tert-OH is 1. The Morgan fingerprint density at radius 2 is 2.09 bits per heavy atom. The number of nitrogens with zero attached hydrogens (tertiary/aromatic N) is 4. The zero-order chi connectivity index (χ0) is 16.9. The number of hydrogen-bond acceptors (Lipinski definition) is 5. The minimum absolute atomic E-state index is 0.0265. The maximum atomic E-state index is 12.4. The highest BCUT2D eigenvalue weighted by atomic mass is 16.3. The summed E-state index contributed by atoms with van der Waals surface area (Å²) in [4.78, 5) is 13.7. The first-order chi connectivity index (χ1) is 11.0. The number of aromatic nitrogens is 4. The average Bonchev–Trinajstić information content (AvgIpc) is 3.05. The maximum Gasteiger partial charge on any atom is 0.246 e. The van der Waals surface area contributed by atoms with E-state index in [1.165, 1.54) is 4.80 Å². The molecule has 23 heavy (non-hydrogen) atoms. The number of hydrogen-bond donors (Lipinski definition) is 2. The van der Waals surface area contributed by atoms with Crippen molar-refractivity contribution in [2.24, 2.45) is 0 Å². The van der Waals surface area contributed by atoms with Crippen LogP contribution in [-0.2, 0) is 4.79 Å². The Labute approximate surface area is 135 Å². The quantitative estimate of drug-likeness (QED) is 0.808. The largest absolute Gasteiger partial charge is 0.396 e. The molecule has 1 heterocycles. The van der Waals surface area contributed by atoms with E-state index in [9.17, 15) is 4.79 Å². The molecule has 2 atom stereocenters. The Balaban J connectivity index is 2.10. The van der Waals surface area contributed by atoms with E-state index in [2.05, 4.69) is 20.7 Å². The van der Waals surface area contributed by atoms with Crippen LogP contribution in [0.4, 0.5) is 0 Å². The summed E-state index contributed by atoms with van der Waals surface area (Å²) in [6, 6.07) is 8.91. The zero-order valence-corrected chi connectivity index (χ0v) is 13.7. The van der Waals surface area contributed by atoms with Crippen molar-refractivity contribution >= 4 is 5.91 Å². The van der Waals surface area contributed by atoms with Gasteiger partial charge < -0.3 is 10.4 Å². The Morgan fingerprint density at radius 3 is 2.70 bits per heavy atom. The van der Waals surface area contributed by atoms with Gasteiger partial charge in [-0.3, -0.25) is 4.79 Å². The molecule has 2 N–H and O–H groups in total. The van der Waals surface area contributed by atoms with Gasteiger partial charge in [-0.15, -0.1) is 10.2 Å². The first-order valence-electron chi connectivity index (χ1n) is 7.77. The Bertz CT molecular complexity index is 643. The van der Waals surface area contributed by atoms with Crippen molar-refractivity contribution in [2.45, 2.75) is 45.2 Å². The minimum atomic E-state index is -0.579. The van der Waals surface area contributed by atoms with E-state index in [0.717, 1.165) is 12.0 Å². The smallest absolute Gasteiger partial charge is 0.246 e. The monoisotopic (exact) mass is 317 g/mol. The Morgan fingerprint density at radius 1 is 1.39 bits per heavy atom. The van der Waals surface area contributed by atoms with Crippen LogP contribution < -0.4 is 5.32 Å². The number of nitrogens with one attached hydrogen (secondary N) is 1. The second-order valence-electron chi connectivity index (χ2n) is 5.85. The van der Waals surface area contributed by atoms with E-state index in [4.69, 9.17) is 5.11 Å². The fraction of sp³-hybridized carbons (Fsp3) is 0.500. The van der Waals surface area contributed by atoms with Gasteiger partial charge in [-0.2, -0.15) is 4.80 Å². The molecule has 0 bridgehead atoms. The van der Waals surface area contributed by atoms with E-state index in [1.54, 1.807) is 6.92 Å². The van der Waals surface area contributed by atoms with E-state index >= 15 is 0 Å². The van der Waals surface area contributed by atoms with Crippen LogP contribution in [-0.4, -0.2) is 43.4 Å². The Kier molecular flexibility index (Phi) is 5.44. The Hall–Kier alpha value is -2.28. The van der Waals surface area contributed by atoms with Gasteiger partial charge in [0.05, 0.1) is 0 Å². The molecule has 2 aromatic rings. The fourth-order valence-electron chi connectivity index (χ4n) is 2.17. The SMILES string of the molecule is CCC(C)(CCO)NC(=O)C(C)n1nnc(-c2ccccc2)n1. The normalized spacial score (nSPS) is 15.0. The van der Waals surface area contributed by atoms with Crippen LogP contribution in [0, 0.1) is 0 Å². The highest BCUT2D eigenvalue weighted by Crippen LogP contribution is 2.17. The van der Waals surface area contributed by atoms with Gasteiger partial charge in [0.1, 0.15) is 6.04 Å². The number of carbonyl (C=O) groups excluding carboxylic acids is 1. The van der Waals surface area contributed by atoms with Gasteiger partial charge in [0, 0.05) is 17.7 Å². The van der Waals surface area contributed by atoms with Crippen LogP contribution in [0.15, 0.2) is 30.3 Å². The van der Waals surface area contributed by atoms with Gasteiger partial charge in [0.2, 0.25) is 11.7 Å². The first-order valence-corrected chi connectivity index (χ1v) is 7.77. The molecule has 1 aromatic heterocycles. The molecule has 0 aliphatic rings. The van der Waals surface area contributed by atoms with Crippen molar-refractivity contribution in [1.82, 2.24) is 25.5 Å². The number of tetrazole rings is 1. The summed E-state index contributed by atoms with van der Waals surface area (Å²) in [5.74, 6) is 0.290. The number of amides is 1. The minimum Gasteiger partial charge on any atom is -0.396 e. The molecule has 7 nitrogen and oxygen atoms in total. The number of benzene rings is 1. The lowest BCUT2D eigenvalue weighted by Gasteiger charge is -2.30. The van der Waals surface area contributed by atoms with E-state index in [1.807, 2.05) is 44.2 Å². The second-order valence-corrected chi connectivity index (χ2v) is 5.85. The highest BCUT2D eigenvalue weighted by Gasteiger charge is 2.27. The topological polar surface area (TPSA) is 92.9 Å². The molecule has 124 valence electrons. The number of aliphatic hydroxyl groups is 1. The summed E-state index contributed by atoms with van der Waals surface area (Å²) in [5, 5.41) is 24.4. The molecule has 7 heteroatoms. The second kappa shape index (κ2) is 7.32. The van der Waals surface area contributed by atoms with Gasteiger partial charge in [0.25, 0.3) is 0 Å². The van der Waals surface area contributed by atoms with Crippen LogP contribution in [0.3, 0.4) is 0 Å². The van der Waals surface area contributed by atoms with Gasteiger partial charge >= 0.3 is 0 Å². The molecular formula is C16H23N5O2. The van der Waals surface area contributed by atoms with Gasteiger partial charge in [0.15, 0.2) is 0 Å². The molecule has 1 aromatic carbocycles. The summed E-state index contributed by atoms with van der Waals surface area (Å²) in [7, 11) is 0. The molecule has 0 saturated carbocycles. The molecule has 1 amide bonds. The lowest BCUT2D eigenvalue weighted by atomic mass is 9.94. The van der Waals surface area contributed by atoms with E-state index in [0.29, 0.717) is 12.2 Å². The van der Waals surface area contributed by atoms with E-state index < -0.39 is 11.6 Å². The molecule has 0 aliphatic carbocycles. The van der Waals surface area contributed by atoms with Crippen molar-refractivity contribution in [3.63, 3.8) is 0 Å². The van der Waals surface area contributed by atoms with Crippen LogP contribution in [0.2, 0.25) is 0 Å². The molecule has 2 rings (SSSR count). The van der Waals surface area contributed by atoms with E-state index in [-0.39, 0.29) is 12.5 Å². The van der Waals surface area contributed by atoms with Crippen molar-refractivity contribution in [3.8, 4) is 11.4 Å². The lowest BCUT2D eigenvalue weighted by molar-refractivity contribution is -0.126. The van der Waals surface area contributed by atoms with Crippen molar-refractivity contribution < 1.29 is 9.90 Å². The third-order valence-corrected chi connectivity index (χ3v) is 4.05. The fourth-order valence-corrected chi connectivity index (χ4v) is 2.17.